The summed E-state index contributed by atoms with van der Waals surface area (Å²) in [5.41, 5.74) is 7.47. The van der Waals surface area contributed by atoms with Crippen LogP contribution < -0.4 is 10.5 Å². The highest BCUT2D eigenvalue weighted by Gasteiger charge is 2.40. The molecule has 1 saturated carbocycles. The lowest BCUT2D eigenvalue weighted by atomic mass is 10.1. The number of nitrogens with zero attached hydrogens (tertiary/aromatic N) is 6. The van der Waals surface area contributed by atoms with E-state index in [0.717, 1.165) is 13.0 Å². The van der Waals surface area contributed by atoms with Crippen LogP contribution in [0.2, 0.25) is 0 Å². The summed E-state index contributed by atoms with van der Waals surface area (Å²) in [6.07, 6.45) is 5.05. The van der Waals surface area contributed by atoms with Crippen molar-refractivity contribution in [2.75, 3.05) is 32.5 Å². The van der Waals surface area contributed by atoms with Gasteiger partial charge in [0.15, 0.2) is 11.5 Å². The van der Waals surface area contributed by atoms with Crippen molar-refractivity contribution in [1.29, 1.82) is 0 Å². The number of hydrogen-bond donors (Lipinski definition) is 2. The molecule has 1 aromatic carbocycles. The number of hydrogen-bond acceptors (Lipinski definition) is 8. The molecule has 0 unspecified atom stereocenters. The summed E-state index contributed by atoms with van der Waals surface area (Å²) in [7, 11) is 1.71. The van der Waals surface area contributed by atoms with E-state index < -0.39 is 6.10 Å². The van der Waals surface area contributed by atoms with Crippen LogP contribution in [0.4, 0.5) is 5.82 Å². The second kappa shape index (κ2) is 9.49. The third-order valence-corrected chi connectivity index (χ3v) is 7.01. The highest BCUT2D eigenvalue weighted by molar-refractivity contribution is 5.94. The summed E-state index contributed by atoms with van der Waals surface area (Å²) in [4.78, 5) is 40.8. The number of likely N-dealkylation sites (tertiary alicyclic amines) is 1. The van der Waals surface area contributed by atoms with Gasteiger partial charge in [0.25, 0.3) is 5.91 Å². The van der Waals surface area contributed by atoms with Crippen LogP contribution in [0.1, 0.15) is 42.1 Å². The number of benzene rings is 1. The minimum atomic E-state index is -0.784. The van der Waals surface area contributed by atoms with E-state index >= 15 is 0 Å². The summed E-state index contributed by atoms with van der Waals surface area (Å²) in [6.45, 7) is 1.76. The Morgan fingerprint density at radius 1 is 1.23 bits per heavy atom. The van der Waals surface area contributed by atoms with Gasteiger partial charge in [-0.05, 0) is 43.5 Å². The molecular weight excluding hydrogens is 450 g/mol. The van der Waals surface area contributed by atoms with Gasteiger partial charge in [-0.15, -0.1) is 0 Å². The molecule has 184 valence electrons. The predicted molar refractivity (Wildman–Crippen MR) is 128 cm³/mol. The molecule has 0 radical (unpaired) electrons. The molecule has 1 aliphatic carbocycles. The van der Waals surface area contributed by atoms with Crippen molar-refractivity contribution < 1.29 is 19.4 Å². The Kier molecular flexibility index (Phi) is 6.25. The molecule has 0 spiro atoms. The van der Waals surface area contributed by atoms with Gasteiger partial charge in [0, 0.05) is 25.6 Å². The number of anilines is 1. The predicted octanol–water partition coefficient (Wildman–Crippen LogP) is 1.25. The molecule has 3 heterocycles. The third kappa shape index (κ3) is 4.39. The van der Waals surface area contributed by atoms with Gasteiger partial charge in [-0.1, -0.05) is 0 Å². The molecule has 3 atom stereocenters. The molecule has 3 N–H and O–H groups in total. The quantitative estimate of drug-likeness (QED) is 0.516. The van der Waals surface area contributed by atoms with Gasteiger partial charge in [-0.25, -0.2) is 15.0 Å². The number of rotatable bonds is 7. The monoisotopic (exact) mass is 479 g/mol. The first-order valence-corrected chi connectivity index (χ1v) is 11.8. The SMILES string of the molecule is CN(C(=O)c1ccc(OCCN2CCCC2=O)cc1)[C@@H]1CC[C@H](n2cnc3c(N)ncnc32)[C@H]1O. The Bertz CT molecular complexity index is 1230. The molecule has 35 heavy (non-hydrogen) atoms. The van der Waals surface area contributed by atoms with Crippen molar-refractivity contribution in [3.05, 3.63) is 42.5 Å². The number of nitrogens with two attached hydrogens (primary N) is 1. The summed E-state index contributed by atoms with van der Waals surface area (Å²) in [6, 6.07) is 6.32. The Balaban J connectivity index is 1.20. The van der Waals surface area contributed by atoms with E-state index in [-0.39, 0.29) is 23.9 Å². The number of nitrogen functional groups attached to an aromatic ring is 1. The maximum absolute atomic E-state index is 13.1. The van der Waals surface area contributed by atoms with Crippen molar-refractivity contribution in [2.24, 2.45) is 0 Å². The van der Waals surface area contributed by atoms with Gasteiger partial charge in [0.2, 0.25) is 5.91 Å². The number of aliphatic hydroxyl groups excluding tert-OH is 1. The largest absolute Gasteiger partial charge is 0.492 e. The summed E-state index contributed by atoms with van der Waals surface area (Å²) in [5, 5.41) is 11.1. The van der Waals surface area contributed by atoms with Gasteiger partial charge in [0.05, 0.1) is 31.1 Å². The normalized spacial score (nSPS) is 22.2. The molecule has 3 aromatic rings. The average Bonchev–Trinajstić information content (AvgIpc) is 3.58. The molecule has 0 bridgehead atoms. The van der Waals surface area contributed by atoms with Crippen molar-refractivity contribution in [3.8, 4) is 5.75 Å². The third-order valence-electron chi connectivity index (χ3n) is 7.01. The number of aromatic nitrogens is 4. The standard InChI is InChI=1S/C24H29N7O4/c1-29(17-8-9-18(21(17)33)31-14-28-20-22(25)26-13-27-23(20)31)24(34)15-4-6-16(7-5-15)35-12-11-30-10-2-3-19(30)32/h4-7,13-14,17-18,21,33H,2-3,8-12H2,1H3,(H2,25,26,27)/t17-,18+,21+/m1/s1. The van der Waals surface area contributed by atoms with Crippen LogP contribution in [-0.2, 0) is 4.79 Å². The molecule has 5 rings (SSSR count). The van der Waals surface area contributed by atoms with Gasteiger partial charge in [-0.2, -0.15) is 0 Å². The zero-order valence-electron chi connectivity index (χ0n) is 19.6. The molecule has 2 amide bonds. The van der Waals surface area contributed by atoms with Gasteiger partial charge in [-0.3, -0.25) is 9.59 Å². The zero-order valence-corrected chi connectivity index (χ0v) is 19.6. The first kappa shape index (κ1) is 23.0. The molecule has 1 aliphatic heterocycles. The molecule has 2 fully saturated rings. The molecular formula is C24H29N7O4. The highest BCUT2D eigenvalue weighted by atomic mass is 16.5. The minimum absolute atomic E-state index is 0.174. The van der Waals surface area contributed by atoms with E-state index in [1.165, 1.54) is 6.33 Å². The lowest BCUT2D eigenvalue weighted by molar-refractivity contribution is -0.128. The Morgan fingerprint density at radius 2 is 2.03 bits per heavy atom. The number of likely N-dealkylation sites (N-methyl/N-ethyl adjacent to an activating group) is 1. The van der Waals surface area contributed by atoms with Crippen LogP contribution in [-0.4, -0.2) is 85.1 Å². The first-order chi connectivity index (χ1) is 16.9. The van der Waals surface area contributed by atoms with Crippen LogP contribution in [0.3, 0.4) is 0 Å². The number of ether oxygens (including phenoxy) is 1. The number of aliphatic hydroxyl groups is 1. The smallest absolute Gasteiger partial charge is 0.253 e. The highest BCUT2D eigenvalue weighted by Crippen LogP contribution is 2.35. The lowest BCUT2D eigenvalue weighted by Gasteiger charge is -2.29. The summed E-state index contributed by atoms with van der Waals surface area (Å²) >= 11 is 0. The number of imidazole rings is 1. The second-order valence-electron chi connectivity index (χ2n) is 9.06. The Hall–Kier alpha value is -3.73. The molecule has 11 heteroatoms. The van der Waals surface area contributed by atoms with E-state index in [2.05, 4.69) is 15.0 Å². The topological polar surface area (TPSA) is 140 Å². The van der Waals surface area contributed by atoms with Crippen molar-refractivity contribution in [2.45, 2.75) is 43.9 Å². The van der Waals surface area contributed by atoms with Crippen LogP contribution >= 0.6 is 0 Å². The second-order valence-corrected chi connectivity index (χ2v) is 9.06. The molecule has 2 aromatic heterocycles. The fraction of sp³-hybridized carbons (Fsp3) is 0.458. The molecule has 2 aliphatic rings. The maximum Gasteiger partial charge on any atom is 0.253 e. The summed E-state index contributed by atoms with van der Waals surface area (Å²) < 4.78 is 7.56. The molecule has 1 saturated heterocycles. The minimum Gasteiger partial charge on any atom is -0.492 e. The van der Waals surface area contributed by atoms with Crippen LogP contribution in [0.15, 0.2) is 36.9 Å². The number of carbonyl (C=O) groups excluding carboxylic acids is 2. The molecule has 11 nitrogen and oxygen atoms in total. The van der Waals surface area contributed by atoms with E-state index in [1.807, 2.05) is 9.47 Å². The van der Waals surface area contributed by atoms with Crippen molar-refractivity contribution >= 4 is 28.8 Å². The number of amides is 2. The Labute approximate surface area is 202 Å². The average molecular weight is 480 g/mol. The van der Waals surface area contributed by atoms with E-state index in [4.69, 9.17) is 10.5 Å². The van der Waals surface area contributed by atoms with Crippen molar-refractivity contribution in [3.63, 3.8) is 0 Å². The van der Waals surface area contributed by atoms with Gasteiger partial charge < -0.3 is 29.9 Å². The summed E-state index contributed by atoms with van der Waals surface area (Å²) in [5.74, 6) is 0.936. The Morgan fingerprint density at radius 3 is 2.77 bits per heavy atom. The fourth-order valence-electron chi connectivity index (χ4n) is 5.04. The van der Waals surface area contributed by atoms with Crippen molar-refractivity contribution in [1.82, 2.24) is 29.3 Å². The lowest BCUT2D eigenvalue weighted by Crippen LogP contribution is -2.43. The van der Waals surface area contributed by atoms with E-state index in [0.29, 0.717) is 60.7 Å². The maximum atomic E-state index is 13.1. The van der Waals surface area contributed by atoms with Crippen LogP contribution in [0.5, 0.6) is 5.75 Å². The zero-order chi connectivity index (χ0) is 24.5. The number of carbonyl (C=O) groups is 2. The fourth-order valence-corrected chi connectivity index (χ4v) is 5.04. The van der Waals surface area contributed by atoms with E-state index in [9.17, 15) is 14.7 Å². The first-order valence-electron chi connectivity index (χ1n) is 11.8. The van der Waals surface area contributed by atoms with Crippen LogP contribution in [0.25, 0.3) is 11.2 Å². The number of fused-ring (bicyclic) bond motifs is 1. The van der Waals surface area contributed by atoms with E-state index in [1.54, 1.807) is 42.5 Å². The van der Waals surface area contributed by atoms with Gasteiger partial charge in [0.1, 0.15) is 24.2 Å². The van der Waals surface area contributed by atoms with Crippen LogP contribution in [0, 0.1) is 0 Å². The van der Waals surface area contributed by atoms with Gasteiger partial charge >= 0.3 is 0 Å².